The number of anilines is 2. The summed E-state index contributed by atoms with van der Waals surface area (Å²) in [5, 5.41) is 0. The highest BCUT2D eigenvalue weighted by atomic mass is 16.4. The van der Waals surface area contributed by atoms with Crippen molar-refractivity contribution in [3.8, 4) is 0 Å². The van der Waals surface area contributed by atoms with Crippen molar-refractivity contribution < 1.29 is 4.42 Å². The minimum atomic E-state index is 0.677. The Balaban J connectivity index is 1.72. The van der Waals surface area contributed by atoms with Crippen LogP contribution in [-0.2, 0) is 0 Å². The molecule has 0 saturated carbocycles. The lowest BCUT2D eigenvalue weighted by atomic mass is 10.2. The van der Waals surface area contributed by atoms with Gasteiger partial charge in [-0.05, 0) is 18.1 Å². The van der Waals surface area contributed by atoms with Crippen molar-refractivity contribution in [3.63, 3.8) is 0 Å². The van der Waals surface area contributed by atoms with Crippen molar-refractivity contribution in [1.82, 2.24) is 9.88 Å². The van der Waals surface area contributed by atoms with Crippen LogP contribution in [0.1, 0.15) is 13.8 Å². The number of benzene rings is 1. The topological polar surface area (TPSA) is 58.5 Å². The number of para-hydroxylation sites is 1. The summed E-state index contributed by atoms with van der Waals surface area (Å²) in [5.74, 6) is 0.714. The first-order chi connectivity index (χ1) is 9.63. The molecule has 1 aliphatic rings. The maximum atomic E-state index is 5.93. The summed E-state index contributed by atoms with van der Waals surface area (Å²) in [6, 6.07) is 6.36. The lowest BCUT2D eigenvalue weighted by Gasteiger charge is -2.34. The smallest absolute Gasteiger partial charge is 0.298 e. The van der Waals surface area contributed by atoms with E-state index < -0.39 is 0 Å². The van der Waals surface area contributed by atoms with Crippen LogP contribution in [0.3, 0.4) is 0 Å². The Labute approximate surface area is 119 Å². The highest BCUT2D eigenvalue weighted by Gasteiger charge is 2.21. The molecule has 2 heterocycles. The van der Waals surface area contributed by atoms with E-state index in [-0.39, 0.29) is 0 Å². The van der Waals surface area contributed by atoms with Gasteiger partial charge in [-0.2, -0.15) is 4.98 Å². The van der Waals surface area contributed by atoms with Crippen LogP contribution < -0.4 is 10.6 Å². The molecule has 1 aromatic heterocycles. The molecule has 1 fully saturated rings. The van der Waals surface area contributed by atoms with Crippen LogP contribution in [0.25, 0.3) is 11.1 Å². The molecule has 1 aliphatic heterocycles. The minimum Gasteiger partial charge on any atom is -0.423 e. The third-order valence-corrected chi connectivity index (χ3v) is 3.71. The molecule has 1 saturated heterocycles. The molecule has 0 atom stereocenters. The van der Waals surface area contributed by atoms with Crippen LogP contribution >= 0.6 is 0 Å². The van der Waals surface area contributed by atoms with Crippen molar-refractivity contribution >= 4 is 22.8 Å². The molecule has 0 spiro atoms. The number of piperazine rings is 1. The molecule has 2 N–H and O–H groups in total. The molecule has 0 unspecified atom stereocenters. The molecule has 5 nitrogen and oxygen atoms in total. The van der Waals surface area contributed by atoms with Crippen LogP contribution in [0.5, 0.6) is 0 Å². The summed E-state index contributed by atoms with van der Waals surface area (Å²) in [4.78, 5) is 9.24. The third-order valence-electron chi connectivity index (χ3n) is 3.71. The van der Waals surface area contributed by atoms with Gasteiger partial charge in [0.2, 0.25) is 0 Å². The third kappa shape index (κ3) is 2.58. The first-order valence-electron chi connectivity index (χ1n) is 7.26. The average Bonchev–Trinajstić information content (AvgIpc) is 2.84. The molecule has 20 heavy (non-hydrogen) atoms. The summed E-state index contributed by atoms with van der Waals surface area (Å²) < 4.78 is 5.82. The van der Waals surface area contributed by atoms with Gasteiger partial charge in [-0.1, -0.05) is 19.9 Å². The molecule has 2 aromatic rings. The number of fused-ring (bicyclic) bond motifs is 1. The average molecular weight is 274 g/mol. The van der Waals surface area contributed by atoms with Gasteiger partial charge in [-0.15, -0.1) is 0 Å². The Bertz CT molecular complexity index is 585. The molecule has 3 rings (SSSR count). The van der Waals surface area contributed by atoms with Crippen molar-refractivity contribution in [3.05, 3.63) is 18.2 Å². The van der Waals surface area contributed by atoms with Crippen LogP contribution in [0.2, 0.25) is 0 Å². The summed E-state index contributed by atoms with van der Waals surface area (Å²) in [6.45, 7) is 9.72. The van der Waals surface area contributed by atoms with Gasteiger partial charge in [0, 0.05) is 32.7 Å². The van der Waals surface area contributed by atoms with Crippen molar-refractivity contribution in [2.45, 2.75) is 13.8 Å². The zero-order chi connectivity index (χ0) is 14.1. The highest BCUT2D eigenvalue weighted by molar-refractivity contribution is 5.86. The number of nitrogens with two attached hydrogens (primary N) is 1. The summed E-state index contributed by atoms with van der Waals surface area (Å²) >= 11 is 0. The van der Waals surface area contributed by atoms with Gasteiger partial charge in [0.05, 0.1) is 5.69 Å². The Morgan fingerprint density at radius 2 is 2.00 bits per heavy atom. The Morgan fingerprint density at radius 3 is 2.65 bits per heavy atom. The Hall–Kier alpha value is -1.75. The molecule has 0 amide bonds. The maximum Gasteiger partial charge on any atom is 0.298 e. The number of aromatic nitrogens is 1. The summed E-state index contributed by atoms with van der Waals surface area (Å²) in [7, 11) is 0. The first kappa shape index (κ1) is 13.2. The van der Waals surface area contributed by atoms with Gasteiger partial charge in [-0.25, -0.2) is 0 Å². The Morgan fingerprint density at radius 1 is 1.25 bits per heavy atom. The molecule has 108 valence electrons. The SMILES string of the molecule is CC(C)CN1CCN(c2nc3c(N)cccc3o2)CC1. The van der Waals surface area contributed by atoms with Gasteiger partial charge in [0.25, 0.3) is 6.01 Å². The predicted octanol–water partition coefficient (Wildman–Crippen LogP) is 2.19. The van der Waals surface area contributed by atoms with Crippen molar-refractivity contribution in [1.29, 1.82) is 0 Å². The zero-order valence-corrected chi connectivity index (χ0v) is 12.2. The molecule has 5 heteroatoms. The quantitative estimate of drug-likeness (QED) is 0.869. The lowest BCUT2D eigenvalue weighted by molar-refractivity contribution is 0.228. The van der Waals surface area contributed by atoms with Crippen molar-refractivity contribution in [2.24, 2.45) is 5.92 Å². The van der Waals surface area contributed by atoms with Gasteiger partial charge in [-0.3, -0.25) is 4.90 Å². The largest absolute Gasteiger partial charge is 0.423 e. The fourth-order valence-electron chi connectivity index (χ4n) is 2.73. The van der Waals surface area contributed by atoms with E-state index in [1.807, 2.05) is 18.2 Å². The molecular weight excluding hydrogens is 252 g/mol. The van der Waals surface area contributed by atoms with E-state index in [1.54, 1.807) is 0 Å². The number of nitrogens with zero attached hydrogens (tertiary/aromatic N) is 3. The van der Waals surface area contributed by atoms with Crippen LogP contribution in [-0.4, -0.2) is 42.6 Å². The molecular formula is C15H22N4O. The number of oxazole rings is 1. The molecule has 0 bridgehead atoms. The normalized spacial score (nSPS) is 17.2. The van der Waals surface area contributed by atoms with Crippen LogP contribution in [0, 0.1) is 5.92 Å². The van der Waals surface area contributed by atoms with E-state index in [4.69, 9.17) is 10.2 Å². The molecule has 0 aliphatic carbocycles. The zero-order valence-electron chi connectivity index (χ0n) is 12.2. The maximum absolute atomic E-state index is 5.93. The van der Waals surface area contributed by atoms with Gasteiger partial charge < -0.3 is 15.1 Å². The highest BCUT2D eigenvalue weighted by Crippen LogP contribution is 2.26. The van der Waals surface area contributed by atoms with Crippen LogP contribution in [0.4, 0.5) is 11.7 Å². The van der Waals surface area contributed by atoms with E-state index in [0.717, 1.165) is 43.8 Å². The second kappa shape index (κ2) is 5.32. The number of hydrogen-bond acceptors (Lipinski definition) is 5. The predicted molar refractivity (Wildman–Crippen MR) is 81.9 cm³/mol. The second-order valence-corrected chi connectivity index (χ2v) is 5.87. The first-order valence-corrected chi connectivity index (χ1v) is 7.26. The van der Waals surface area contributed by atoms with E-state index in [1.165, 1.54) is 0 Å². The van der Waals surface area contributed by atoms with Crippen LogP contribution in [0.15, 0.2) is 22.6 Å². The monoisotopic (exact) mass is 274 g/mol. The fraction of sp³-hybridized carbons (Fsp3) is 0.533. The second-order valence-electron chi connectivity index (χ2n) is 5.87. The van der Waals surface area contributed by atoms with Crippen molar-refractivity contribution in [2.75, 3.05) is 43.4 Å². The summed E-state index contributed by atoms with van der Waals surface area (Å²) in [5.41, 5.74) is 8.14. The Kier molecular flexibility index (Phi) is 3.53. The number of nitrogen functional groups attached to an aromatic ring is 1. The molecule has 0 radical (unpaired) electrons. The summed E-state index contributed by atoms with van der Waals surface area (Å²) in [6.07, 6.45) is 0. The van der Waals surface area contributed by atoms with E-state index in [0.29, 0.717) is 17.6 Å². The van der Waals surface area contributed by atoms with Gasteiger partial charge >= 0.3 is 0 Å². The fourth-order valence-corrected chi connectivity index (χ4v) is 2.73. The lowest BCUT2D eigenvalue weighted by Crippen LogP contribution is -2.47. The molecule has 1 aromatic carbocycles. The van der Waals surface area contributed by atoms with Gasteiger partial charge in [0.15, 0.2) is 5.58 Å². The number of rotatable bonds is 3. The van der Waals surface area contributed by atoms with Gasteiger partial charge in [0.1, 0.15) is 5.52 Å². The standard InChI is InChI=1S/C15H22N4O/c1-11(2)10-18-6-8-19(9-7-18)15-17-14-12(16)4-3-5-13(14)20-15/h3-5,11H,6-10,16H2,1-2H3. The van der Waals surface area contributed by atoms with E-state index in [9.17, 15) is 0 Å². The minimum absolute atomic E-state index is 0.677. The van der Waals surface area contributed by atoms with E-state index in [2.05, 4.69) is 28.6 Å². The van der Waals surface area contributed by atoms with E-state index >= 15 is 0 Å². The number of hydrogen-bond donors (Lipinski definition) is 1.